The van der Waals surface area contributed by atoms with E-state index >= 15 is 0 Å². The maximum atomic E-state index is 13.2. The van der Waals surface area contributed by atoms with E-state index in [2.05, 4.69) is 30.4 Å². The maximum absolute atomic E-state index is 13.2. The molecule has 2 nitrogen and oxygen atoms in total. The molecule has 0 unspecified atom stereocenters. The van der Waals surface area contributed by atoms with E-state index in [-0.39, 0.29) is 5.82 Å². The normalized spacial score (nSPS) is 11.0. The van der Waals surface area contributed by atoms with Crippen LogP contribution in [0.15, 0.2) is 54.6 Å². The highest BCUT2D eigenvalue weighted by Crippen LogP contribution is 2.29. The zero-order valence-corrected chi connectivity index (χ0v) is 14.9. The Bertz CT molecular complexity index is 866. The Labute approximate surface area is 152 Å². The van der Waals surface area contributed by atoms with Gasteiger partial charge in [0.15, 0.2) is 0 Å². The van der Waals surface area contributed by atoms with Crippen LogP contribution in [0.4, 0.5) is 4.39 Å². The third-order valence-electron chi connectivity index (χ3n) is 4.12. The summed E-state index contributed by atoms with van der Waals surface area (Å²) in [5, 5.41) is 6.18. The zero-order valence-electron chi connectivity index (χ0n) is 14.2. The Morgan fingerprint density at radius 2 is 1.92 bits per heavy atom. The van der Waals surface area contributed by atoms with Crippen LogP contribution in [-0.2, 0) is 13.2 Å². The highest BCUT2D eigenvalue weighted by molar-refractivity contribution is 6.31. The highest BCUT2D eigenvalue weighted by Gasteiger charge is 2.10. The van der Waals surface area contributed by atoms with Crippen LogP contribution >= 0.6 is 11.6 Å². The van der Waals surface area contributed by atoms with Crippen molar-refractivity contribution >= 4 is 22.4 Å². The zero-order chi connectivity index (χ0) is 17.6. The van der Waals surface area contributed by atoms with E-state index in [1.54, 1.807) is 6.07 Å². The van der Waals surface area contributed by atoms with Gasteiger partial charge < -0.3 is 10.1 Å². The molecular weight excluding hydrogens is 337 g/mol. The van der Waals surface area contributed by atoms with Gasteiger partial charge >= 0.3 is 0 Å². The van der Waals surface area contributed by atoms with Crippen LogP contribution in [0.1, 0.15) is 24.5 Å². The fourth-order valence-corrected chi connectivity index (χ4v) is 3.04. The minimum atomic E-state index is -0.344. The van der Waals surface area contributed by atoms with Crippen LogP contribution in [0, 0.1) is 5.82 Å². The van der Waals surface area contributed by atoms with Gasteiger partial charge in [-0.2, -0.15) is 0 Å². The van der Waals surface area contributed by atoms with Gasteiger partial charge in [0, 0.05) is 17.7 Å². The number of hydrogen-bond donors (Lipinski definition) is 1. The summed E-state index contributed by atoms with van der Waals surface area (Å²) in [4.78, 5) is 0. The van der Waals surface area contributed by atoms with Crippen molar-refractivity contribution in [1.82, 2.24) is 5.32 Å². The first-order valence-electron chi connectivity index (χ1n) is 8.47. The lowest BCUT2D eigenvalue weighted by molar-refractivity contribution is 0.302. The van der Waals surface area contributed by atoms with Gasteiger partial charge in [-0.1, -0.05) is 54.9 Å². The first-order valence-corrected chi connectivity index (χ1v) is 8.85. The second-order valence-corrected chi connectivity index (χ2v) is 6.37. The molecule has 0 saturated carbocycles. The van der Waals surface area contributed by atoms with Crippen LogP contribution in [-0.4, -0.2) is 6.54 Å². The van der Waals surface area contributed by atoms with Gasteiger partial charge in [-0.25, -0.2) is 4.39 Å². The third kappa shape index (κ3) is 4.30. The van der Waals surface area contributed by atoms with E-state index < -0.39 is 0 Å². The molecule has 0 spiro atoms. The van der Waals surface area contributed by atoms with E-state index in [4.69, 9.17) is 16.3 Å². The van der Waals surface area contributed by atoms with Crippen LogP contribution in [0.3, 0.4) is 0 Å². The minimum Gasteiger partial charge on any atom is -0.488 e. The molecule has 0 aromatic heterocycles. The number of benzene rings is 3. The lowest BCUT2D eigenvalue weighted by Gasteiger charge is -2.15. The number of ether oxygens (including phenoxy) is 1. The third-order valence-corrected chi connectivity index (χ3v) is 4.48. The topological polar surface area (TPSA) is 21.3 Å². The molecule has 3 rings (SSSR count). The van der Waals surface area contributed by atoms with Gasteiger partial charge in [-0.3, -0.25) is 0 Å². The highest BCUT2D eigenvalue weighted by atomic mass is 35.5. The van der Waals surface area contributed by atoms with Crippen molar-refractivity contribution in [3.05, 3.63) is 76.6 Å². The van der Waals surface area contributed by atoms with Gasteiger partial charge in [-0.15, -0.1) is 0 Å². The molecule has 0 radical (unpaired) electrons. The smallest absolute Gasteiger partial charge is 0.124 e. The quantitative estimate of drug-likeness (QED) is 0.547. The molecule has 25 heavy (non-hydrogen) atoms. The average molecular weight is 358 g/mol. The second-order valence-electron chi connectivity index (χ2n) is 5.96. The van der Waals surface area contributed by atoms with E-state index in [0.29, 0.717) is 11.6 Å². The van der Waals surface area contributed by atoms with Gasteiger partial charge in [0.2, 0.25) is 0 Å². The van der Waals surface area contributed by atoms with Crippen LogP contribution < -0.4 is 10.1 Å². The van der Waals surface area contributed by atoms with Gasteiger partial charge in [-0.05, 0) is 41.9 Å². The summed E-state index contributed by atoms with van der Waals surface area (Å²) < 4.78 is 19.2. The first kappa shape index (κ1) is 17.7. The average Bonchev–Trinajstić information content (AvgIpc) is 2.62. The number of nitrogens with one attached hydrogen (secondary N) is 1. The summed E-state index contributed by atoms with van der Waals surface area (Å²) in [6.45, 7) is 4.14. The van der Waals surface area contributed by atoms with Crippen molar-refractivity contribution < 1.29 is 9.13 Å². The van der Waals surface area contributed by atoms with Crippen molar-refractivity contribution in [3.63, 3.8) is 0 Å². The van der Waals surface area contributed by atoms with Crippen molar-refractivity contribution in [2.24, 2.45) is 0 Å². The van der Waals surface area contributed by atoms with Crippen LogP contribution in [0.2, 0.25) is 5.02 Å². The van der Waals surface area contributed by atoms with E-state index in [1.807, 2.05) is 18.2 Å². The Morgan fingerprint density at radius 1 is 1.08 bits per heavy atom. The van der Waals surface area contributed by atoms with E-state index in [0.717, 1.165) is 36.4 Å². The summed E-state index contributed by atoms with van der Waals surface area (Å²) in [5.41, 5.74) is 1.90. The molecule has 0 atom stereocenters. The van der Waals surface area contributed by atoms with Crippen molar-refractivity contribution in [1.29, 1.82) is 0 Å². The van der Waals surface area contributed by atoms with Crippen molar-refractivity contribution in [2.45, 2.75) is 26.5 Å². The van der Waals surface area contributed by atoms with Crippen LogP contribution in [0.25, 0.3) is 10.8 Å². The fraction of sp³-hybridized carbons (Fsp3) is 0.238. The molecule has 0 aliphatic carbocycles. The molecule has 0 fully saturated rings. The molecule has 4 heteroatoms. The SMILES string of the molecule is CCCNCc1c(OCc2ccc(F)cc2Cl)ccc2ccccc12. The lowest BCUT2D eigenvalue weighted by atomic mass is 10.0. The predicted octanol–water partition coefficient (Wildman–Crippen LogP) is 5.71. The molecule has 130 valence electrons. The van der Waals surface area contributed by atoms with Crippen molar-refractivity contribution in [2.75, 3.05) is 6.54 Å². The van der Waals surface area contributed by atoms with Gasteiger partial charge in [0.25, 0.3) is 0 Å². The molecule has 3 aromatic rings. The molecule has 0 bridgehead atoms. The molecule has 0 aliphatic rings. The Hall–Kier alpha value is -2.10. The summed E-state index contributed by atoms with van der Waals surface area (Å²) in [6, 6.07) is 16.7. The molecular formula is C21H21ClFNO. The molecule has 0 saturated heterocycles. The van der Waals surface area contributed by atoms with Gasteiger partial charge in [0.05, 0.1) is 5.02 Å². The molecule has 3 aromatic carbocycles. The van der Waals surface area contributed by atoms with E-state index in [9.17, 15) is 4.39 Å². The monoisotopic (exact) mass is 357 g/mol. The van der Waals surface area contributed by atoms with E-state index in [1.165, 1.54) is 22.9 Å². The Balaban J connectivity index is 1.87. The first-order chi connectivity index (χ1) is 12.2. The minimum absolute atomic E-state index is 0.304. The lowest BCUT2D eigenvalue weighted by Crippen LogP contribution is -2.15. The molecule has 0 heterocycles. The number of fused-ring (bicyclic) bond motifs is 1. The summed E-state index contributed by atoms with van der Waals surface area (Å²) in [7, 11) is 0. The molecule has 1 N–H and O–H groups in total. The van der Waals surface area contributed by atoms with Gasteiger partial charge in [0.1, 0.15) is 18.2 Å². The predicted molar refractivity (Wildman–Crippen MR) is 102 cm³/mol. The maximum Gasteiger partial charge on any atom is 0.124 e. The molecule has 0 amide bonds. The largest absolute Gasteiger partial charge is 0.488 e. The summed E-state index contributed by atoms with van der Waals surface area (Å²) >= 11 is 6.10. The fourth-order valence-electron chi connectivity index (χ4n) is 2.82. The van der Waals surface area contributed by atoms with Crippen LogP contribution in [0.5, 0.6) is 5.75 Å². The Morgan fingerprint density at radius 3 is 2.72 bits per heavy atom. The standard InChI is InChI=1S/C21H21ClFNO/c1-2-11-24-13-19-18-6-4-3-5-15(18)8-10-21(19)25-14-16-7-9-17(23)12-20(16)22/h3-10,12,24H,2,11,13-14H2,1H3. The molecule has 0 aliphatic heterocycles. The Kier molecular flexibility index (Phi) is 5.90. The number of hydrogen-bond acceptors (Lipinski definition) is 2. The van der Waals surface area contributed by atoms with Crippen molar-refractivity contribution in [3.8, 4) is 5.75 Å². The number of rotatable bonds is 7. The second kappa shape index (κ2) is 8.32. The summed E-state index contributed by atoms with van der Waals surface area (Å²) in [6.07, 6.45) is 1.08. The number of halogens is 2. The summed E-state index contributed by atoms with van der Waals surface area (Å²) in [5.74, 6) is 0.478.